The molecule has 0 spiro atoms. The van der Waals surface area contributed by atoms with Crippen LogP contribution < -0.4 is 20.7 Å². The lowest BCUT2D eigenvalue weighted by molar-refractivity contribution is -0.274. The number of hydrogen-bond acceptors (Lipinski definition) is 4. The smallest absolute Gasteiger partial charge is 0.406 e. The van der Waals surface area contributed by atoms with E-state index in [1.807, 2.05) is 32.0 Å². The molecule has 0 fully saturated rings. The molecule has 0 saturated heterocycles. The highest BCUT2D eigenvalue weighted by Crippen LogP contribution is 2.39. The highest BCUT2D eigenvalue weighted by Gasteiger charge is 2.31. The van der Waals surface area contributed by atoms with Gasteiger partial charge in [0.1, 0.15) is 5.75 Å². The number of nitrogens with zero attached hydrogens (tertiary/aromatic N) is 1. The van der Waals surface area contributed by atoms with E-state index in [-0.39, 0.29) is 5.75 Å². The average Bonchev–Trinajstić information content (AvgIpc) is 2.65. The van der Waals surface area contributed by atoms with E-state index < -0.39 is 6.36 Å². The Hall–Kier alpha value is -2.85. The van der Waals surface area contributed by atoms with Crippen LogP contribution in [0.5, 0.6) is 5.75 Å². The minimum absolute atomic E-state index is 0.254. The molecule has 2 aromatic carbocycles. The van der Waals surface area contributed by atoms with Gasteiger partial charge in [0.05, 0.1) is 17.9 Å². The summed E-state index contributed by atoms with van der Waals surface area (Å²) in [6.45, 7) is 4.62. The van der Waals surface area contributed by atoms with Gasteiger partial charge in [-0.2, -0.15) is 0 Å². The van der Waals surface area contributed by atoms with Gasteiger partial charge < -0.3 is 20.7 Å². The molecule has 28 heavy (non-hydrogen) atoms. The topological polar surface area (TPSA) is 50.5 Å². The molecule has 2 aromatic rings. The first-order valence-electron chi connectivity index (χ1n) is 8.73. The number of nitrogens with two attached hydrogens (primary N) is 1. The van der Waals surface area contributed by atoms with Gasteiger partial charge in [-0.05, 0) is 54.3 Å². The largest absolute Gasteiger partial charge is 0.573 e. The van der Waals surface area contributed by atoms with E-state index >= 15 is 0 Å². The van der Waals surface area contributed by atoms with Gasteiger partial charge in [-0.15, -0.1) is 19.1 Å². The van der Waals surface area contributed by atoms with Crippen molar-refractivity contribution in [2.45, 2.75) is 26.8 Å². The maximum Gasteiger partial charge on any atom is 0.573 e. The quantitative estimate of drug-likeness (QED) is 0.711. The lowest BCUT2D eigenvalue weighted by Gasteiger charge is -2.27. The minimum Gasteiger partial charge on any atom is -0.406 e. The Morgan fingerprint density at radius 2 is 1.86 bits per heavy atom. The van der Waals surface area contributed by atoms with Crippen molar-refractivity contribution in [3.63, 3.8) is 0 Å². The van der Waals surface area contributed by atoms with Gasteiger partial charge in [0.25, 0.3) is 0 Å². The van der Waals surface area contributed by atoms with Crippen molar-refractivity contribution < 1.29 is 17.9 Å². The maximum absolute atomic E-state index is 12.4. The zero-order valence-corrected chi connectivity index (χ0v) is 16.4. The summed E-state index contributed by atoms with van der Waals surface area (Å²) >= 11 is 0. The van der Waals surface area contributed by atoms with Crippen molar-refractivity contribution in [1.82, 2.24) is 0 Å². The van der Waals surface area contributed by atoms with E-state index in [0.717, 1.165) is 33.6 Å². The molecule has 3 N–H and O–H groups in total. The Balaban J connectivity index is 2.56. The van der Waals surface area contributed by atoms with Gasteiger partial charge in [-0.3, -0.25) is 0 Å². The second-order valence-electron chi connectivity index (χ2n) is 6.24. The number of rotatable bonds is 6. The van der Waals surface area contributed by atoms with Crippen molar-refractivity contribution in [2.75, 3.05) is 30.9 Å². The molecule has 0 bridgehead atoms. The Morgan fingerprint density at radius 1 is 1.21 bits per heavy atom. The standard InChI is InChI=1S/C21H24F3N3O/c1-5-6-11-27(4)20-14(2)18(12-16(13-25)19(20)26-3)15-7-9-17(10-8-15)28-21(22,23)24/h7-10,12,26H,11,13,25H2,1-4H3. The van der Waals surface area contributed by atoms with E-state index in [0.29, 0.717) is 13.1 Å². The molecule has 0 amide bonds. The molecule has 0 unspecified atom stereocenters. The molecule has 0 aromatic heterocycles. The highest BCUT2D eigenvalue weighted by atomic mass is 19.4. The van der Waals surface area contributed by atoms with Gasteiger partial charge >= 0.3 is 6.36 Å². The van der Waals surface area contributed by atoms with Crippen LogP contribution >= 0.6 is 0 Å². The Morgan fingerprint density at radius 3 is 2.36 bits per heavy atom. The van der Waals surface area contributed by atoms with Gasteiger partial charge in [0.2, 0.25) is 0 Å². The molecule has 2 rings (SSSR count). The van der Waals surface area contributed by atoms with Crippen molar-refractivity contribution in [3.05, 3.63) is 41.5 Å². The third-order valence-corrected chi connectivity index (χ3v) is 4.38. The molecule has 0 aliphatic rings. The Bertz CT molecular complexity index is 881. The normalized spacial score (nSPS) is 10.9. The van der Waals surface area contributed by atoms with Crippen molar-refractivity contribution >= 4 is 11.4 Å². The summed E-state index contributed by atoms with van der Waals surface area (Å²) in [6.07, 6.45) is -4.71. The fourth-order valence-corrected chi connectivity index (χ4v) is 3.15. The van der Waals surface area contributed by atoms with Gasteiger partial charge in [0.15, 0.2) is 0 Å². The SMILES string of the molecule is CC#CCN(C)c1c(C)c(-c2ccc(OC(F)(F)F)cc2)cc(CN)c1NC. The van der Waals surface area contributed by atoms with E-state index in [1.54, 1.807) is 19.1 Å². The number of nitrogens with one attached hydrogen (secondary N) is 1. The summed E-state index contributed by atoms with van der Waals surface area (Å²) < 4.78 is 41.1. The molecule has 4 nitrogen and oxygen atoms in total. The first kappa shape index (κ1) is 21.5. The number of alkyl halides is 3. The lowest BCUT2D eigenvalue weighted by Crippen LogP contribution is -2.21. The molecule has 0 aliphatic heterocycles. The first-order valence-corrected chi connectivity index (χ1v) is 8.73. The van der Waals surface area contributed by atoms with Crippen LogP contribution in [0, 0.1) is 18.8 Å². The van der Waals surface area contributed by atoms with E-state index in [1.165, 1.54) is 12.1 Å². The lowest BCUT2D eigenvalue weighted by atomic mass is 9.94. The monoisotopic (exact) mass is 391 g/mol. The van der Waals surface area contributed by atoms with Crippen LogP contribution in [0.15, 0.2) is 30.3 Å². The average molecular weight is 391 g/mol. The van der Waals surface area contributed by atoms with Gasteiger partial charge in [-0.1, -0.05) is 18.1 Å². The summed E-state index contributed by atoms with van der Waals surface area (Å²) in [5.74, 6) is 5.67. The fourth-order valence-electron chi connectivity index (χ4n) is 3.15. The fraction of sp³-hybridized carbons (Fsp3) is 0.333. The van der Waals surface area contributed by atoms with Crippen LogP contribution in [-0.4, -0.2) is 27.0 Å². The van der Waals surface area contributed by atoms with Crippen LogP contribution in [0.2, 0.25) is 0 Å². The Labute approximate surface area is 163 Å². The number of ether oxygens (including phenoxy) is 1. The molecule has 150 valence electrons. The second kappa shape index (κ2) is 8.89. The van der Waals surface area contributed by atoms with Crippen LogP contribution in [0.4, 0.5) is 24.5 Å². The summed E-state index contributed by atoms with van der Waals surface area (Å²) in [5, 5.41) is 3.21. The minimum atomic E-state index is -4.71. The van der Waals surface area contributed by atoms with Crippen molar-refractivity contribution in [1.29, 1.82) is 0 Å². The van der Waals surface area contributed by atoms with Crippen molar-refractivity contribution in [3.8, 4) is 28.7 Å². The third-order valence-electron chi connectivity index (χ3n) is 4.38. The van der Waals surface area contributed by atoms with Gasteiger partial charge in [0, 0.05) is 20.6 Å². The number of halogens is 3. The summed E-state index contributed by atoms with van der Waals surface area (Å²) in [4.78, 5) is 2.03. The highest BCUT2D eigenvalue weighted by molar-refractivity contribution is 5.85. The second-order valence-corrected chi connectivity index (χ2v) is 6.24. The van der Waals surface area contributed by atoms with Crippen molar-refractivity contribution in [2.24, 2.45) is 5.73 Å². The predicted octanol–water partition coefficient (Wildman–Crippen LogP) is 4.52. The molecule has 0 radical (unpaired) electrons. The molecular formula is C21H24F3N3O. The van der Waals surface area contributed by atoms with E-state index in [2.05, 4.69) is 21.9 Å². The van der Waals surface area contributed by atoms with Crippen LogP contribution in [-0.2, 0) is 6.54 Å². The Kier molecular flexibility index (Phi) is 6.81. The molecule has 0 heterocycles. The van der Waals surface area contributed by atoms with E-state index in [9.17, 15) is 13.2 Å². The summed E-state index contributed by atoms with van der Waals surface area (Å²) in [5.41, 5.74) is 11.4. The maximum atomic E-state index is 12.4. The molecule has 7 heteroatoms. The van der Waals surface area contributed by atoms with Crippen LogP contribution in [0.25, 0.3) is 11.1 Å². The molecule has 0 aliphatic carbocycles. The molecule has 0 atom stereocenters. The molecule has 0 saturated carbocycles. The third kappa shape index (κ3) is 4.90. The van der Waals surface area contributed by atoms with Crippen LogP contribution in [0.3, 0.4) is 0 Å². The number of hydrogen-bond donors (Lipinski definition) is 2. The van der Waals surface area contributed by atoms with Gasteiger partial charge in [-0.25, -0.2) is 0 Å². The zero-order chi connectivity index (χ0) is 20.9. The first-order chi connectivity index (χ1) is 13.2. The number of anilines is 2. The summed E-state index contributed by atoms with van der Waals surface area (Å²) in [6, 6.07) is 7.80. The van der Waals surface area contributed by atoms with Crippen LogP contribution in [0.1, 0.15) is 18.1 Å². The predicted molar refractivity (Wildman–Crippen MR) is 107 cm³/mol. The molecular weight excluding hydrogens is 367 g/mol. The van der Waals surface area contributed by atoms with E-state index in [4.69, 9.17) is 5.73 Å². The summed E-state index contributed by atoms with van der Waals surface area (Å²) in [7, 11) is 3.78. The zero-order valence-electron chi connectivity index (χ0n) is 16.4. The number of benzene rings is 2.